The SMILES string of the molecule is CCOc1cncc(Br)c1.[Na]. The summed E-state index contributed by atoms with van der Waals surface area (Å²) in [4.78, 5) is 3.93. The van der Waals surface area contributed by atoms with Crippen molar-refractivity contribution >= 4 is 45.5 Å². The summed E-state index contributed by atoms with van der Waals surface area (Å²) >= 11 is 3.29. The molecule has 0 fully saturated rings. The van der Waals surface area contributed by atoms with Gasteiger partial charge in [-0.25, -0.2) is 0 Å². The summed E-state index contributed by atoms with van der Waals surface area (Å²) < 4.78 is 6.14. The van der Waals surface area contributed by atoms with Crippen LogP contribution in [-0.2, 0) is 0 Å². The number of aromatic nitrogens is 1. The number of pyridine rings is 1. The van der Waals surface area contributed by atoms with Crippen molar-refractivity contribution in [2.24, 2.45) is 0 Å². The molecule has 1 radical (unpaired) electrons. The van der Waals surface area contributed by atoms with E-state index in [1.54, 1.807) is 12.4 Å². The molecular weight excluding hydrogens is 217 g/mol. The second-order valence-electron chi connectivity index (χ2n) is 1.77. The molecule has 0 aliphatic rings. The standard InChI is InChI=1S/C7H8BrNO.Na/c1-2-10-7-3-6(8)4-9-5-7;/h3-5H,2H2,1H3;. The molecule has 2 nitrogen and oxygen atoms in total. The first kappa shape index (κ1) is 11.4. The topological polar surface area (TPSA) is 22.1 Å². The van der Waals surface area contributed by atoms with Crippen molar-refractivity contribution in [1.82, 2.24) is 4.98 Å². The average molecular weight is 225 g/mol. The molecule has 0 N–H and O–H groups in total. The van der Waals surface area contributed by atoms with Crippen LogP contribution in [0, 0.1) is 0 Å². The zero-order valence-electron chi connectivity index (χ0n) is 6.67. The summed E-state index contributed by atoms with van der Waals surface area (Å²) in [5, 5.41) is 0. The predicted octanol–water partition coefficient (Wildman–Crippen LogP) is 1.86. The van der Waals surface area contributed by atoms with E-state index in [1.165, 1.54) is 0 Å². The van der Waals surface area contributed by atoms with Crippen molar-refractivity contribution in [3.63, 3.8) is 0 Å². The van der Waals surface area contributed by atoms with Crippen molar-refractivity contribution in [2.75, 3.05) is 6.61 Å². The first-order chi connectivity index (χ1) is 4.83. The molecule has 1 aromatic rings. The molecule has 55 valence electrons. The van der Waals surface area contributed by atoms with Gasteiger partial charge in [0.2, 0.25) is 0 Å². The van der Waals surface area contributed by atoms with E-state index in [0.29, 0.717) is 6.61 Å². The van der Waals surface area contributed by atoms with Crippen molar-refractivity contribution in [1.29, 1.82) is 0 Å². The summed E-state index contributed by atoms with van der Waals surface area (Å²) in [5.41, 5.74) is 0. The number of nitrogens with zero attached hydrogens (tertiary/aromatic N) is 1. The molecule has 1 heterocycles. The van der Waals surface area contributed by atoms with Crippen molar-refractivity contribution < 1.29 is 4.74 Å². The van der Waals surface area contributed by atoms with Crippen molar-refractivity contribution in [2.45, 2.75) is 6.92 Å². The van der Waals surface area contributed by atoms with Gasteiger partial charge in [0.25, 0.3) is 0 Å². The maximum absolute atomic E-state index is 5.19. The molecule has 0 bridgehead atoms. The smallest absolute Gasteiger partial charge is 0.138 e. The first-order valence-corrected chi connectivity index (χ1v) is 3.85. The van der Waals surface area contributed by atoms with Gasteiger partial charge in [-0.3, -0.25) is 4.98 Å². The minimum absolute atomic E-state index is 0. The molecule has 11 heavy (non-hydrogen) atoms. The Hall–Kier alpha value is 0.430. The molecule has 0 spiro atoms. The van der Waals surface area contributed by atoms with Gasteiger partial charge in [-0.05, 0) is 28.9 Å². The Morgan fingerprint density at radius 1 is 1.55 bits per heavy atom. The molecule has 0 atom stereocenters. The van der Waals surface area contributed by atoms with Gasteiger partial charge in [-0.1, -0.05) is 0 Å². The zero-order chi connectivity index (χ0) is 7.40. The van der Waals surface area contributed by atoms with E-state index in [9.17, 15) is 0 Å². The fraction of sp³-hybridized carbons (Fsp3) is 0.286. The van der Waals surface area contributed by atoms with E-state index in [4.69, 9.17) is 4.74 Å². The van der Waals surface area contributed by atoms with E-state index in [1.807, 2.05) is 13.0 Å². The quantitative estimate of drug-likeness (QED) is 0.716. The Labute approximate surface area is 96.8 Å². The molecule has 0 saturated heterocycles. The number of hydrogen-bond acceptors (Lipinski definition) is 2. The number of ether oxygens (including phenoxy) is 1. The Morgan fingerprint density at radius 2 is 2.27 bits per heavy atom. The Morgan fingerprint density at radius 3 is 2.82 bits per heavy atom. The summed E-state index contributed by atoms with van der Waals surface area (Å²) in [6.07, 6.45) is 3.41. The van der Waals surface area contributed by atoms with Gasteiger partial charge in [0, 0.05) is 40.2 Å². The van der Waals surface area contributed by atoms with Gasteiger partial charge in [-0.2, -0.15) is 0 Å². The summed E-state index contributed by atoms with van der Waals surface area (Å²) in [6, 6.07) is 1.89. The predicted molar refractivity (Wildman–Crippen MR) is 48.9 cm³/mol. The maximum atomic E-state index is 5.19. The summed E-state index contributed by atoms with van der Waals surface area (Å²) in [7, 11) is 0. The normalized spacial score (nSPS) is 8.55. The largest absolute Gasteiger partial charge is 0.492 e. The summed E-state index contributed by atoms with van der Waals surface area (Å²) in [6.45, 7) is 2.62. The van der Waals surface area contributed by atoms with Gasteiger partial charge in [-0.15, -0.1) is 0 Å². The Kier molecular flexibility index (Phi) is 6.24. The first-order valence-electron chi connectivity index (χ1n) is 3.06. The van der Waals surface area contributed by atoms with Crippen LogP contribution >= 0.6 is 15.9 Å². The number of rotatable bonds is 2. The van der Waals surface area contributed by atoms with Gasteiger partial charge < -0.3 is 4.74 Å². The van der Waals surface area contributed by atoms with Crippen LogP contribution in [0.2, 0.25) is 0 Å². The van der Waals surface area contributed by atoms with Crippen LogP contribution in [-0.4, -0.2) is 41.1 Å². The fourth-order valence-electron chi connectivity index (χ4n) is 0.638. The molecule has 1 rings (SSSR count). The molecule has 0 aliphatic heterocycles. The molecular formula is C7H8BrNNaO. The van der Waals surface area contributed by atoms with Crippen LogP contribution in [0.5, 0.6) is 5.75 Å². The van der Waals surface area contributed by atoms with E-state index >= 15 is 0 Å². The van der Waals surface area contributed by atoms with Crippen molar-refractivity contribution in [3.8, 4) is 5.75 Å². The van der Waals surface area contributed by atoms with Crippen LogP contribution in [0.4, 0.5) is 0 Å². The van der Waals surface area contributed by atoms with Crippen LogP contribution in [0.3, 0.4) is 0 Å². The van der Waals surface area contributed by atoms with E-state index < -0.39 is 0 Å². The van der Waals surface area contributed by atoms with Crippen LogP contribution < -0.4 is 4.74 Å². The molecule has 0 aliphatic carbocycles. The van der Waals surface area contributed by atoms with Crippen molar-refractivity contribution in [3.05, 3.63) is 22.9 Å². The van der Waals surface area contributed by atoms with E-state index in [0.717, 1.165) is 10.2 Å². The monoisotopic (exact) mass is 224 g/mol. The second-order valence-corrected chi connectivity index (χ2v) is 2.69. The molecule has 4 heteroatoms. The number of halogens is 1. The Bertz CT molecular complexity index is 219. The van der Waals surface area contributed by atoms with Gasteiger partial charge in [0.05, 0.1) is 12.8 Å². The molecule has 0 unspecified atom stereocenters. The molecule has 0 saturated carbocycles. The minimum atomic E-state index is 0. The van der Waals surface area contributed by atoms with Gasteiger partial charge in [0.1, 0.15) is 5.75 Å². The third-order valence-electron chi connectivity index (χ3n) is 0.991. The Balaban J connectivity index is 0.000001000. The van der Waals surface area contributed by atoms with Crippen LogP contribution in [0.1, 0.15) is 6.92 Å². The summed E-state index contributed by atoms with van der Waals surface area (Å²) in [5.74, 6) is 0.803. The number of hydrogen-bond donors (Lipinski definition) is 0. The molecule has 0 aromatic carbocycles. The molecule has 0 amide bonds. The van der Waals surface area contributed by atoms with E-state index in [2.05, 4.69) is 20.9 Å². The third-order valence-corrected chi connectivity index (χ3v) is 1.42. The van der Waals surface area contributed by atoms with Gasteiger partial charge in [0.15, 0.2) is 0 Å². The second kappa shape index (κ2) is 6.00. The van der Waals surface area contributed by atoms with Crippen LogP contribution in [0.25, 0.3) is 0 Å². The zero-order valence-corrected chi connectivity index (χ0v) is 10.3. The third kappa shape index (κ3) is 4.11. The average Bonchev–Trinajstić information content (AvgIpc) is 1.88. The maximum Gasteiger partial charge on any atom is 0.138 e. The minimum Gasteiger partial charge on any atom is -0.492 e. The fourth-order valence-corrected chi connectivity index (χ4v) is 0.982. The van der Waals surface area contributed by atoms with E-state index in [-0.39, 0.29) is 29.6 Å². The molecule has 1 aromatic heterocycles. The van der Waals surface area contributed by atoms with Gasteiger partial charge >= 0.3 is 0 Å². The van der Waals surface area contributed by atoms with Crippen LogP contribution in [0.15, 0.2) is 22.9 Å².